The number of nitrogens with zero attached hydrogens (tertiary/aromatic N) is 3. The van der Waals surface area contributed by atoms with Gasteiger partial charge in [-0.25, -0.2) is 0 Å². The van der Waals surface area contributed by atoms with Gasteiger partial charge in [0, 0.05) is 56.3 Å². The van der Waals surface area contributed by atoms with E-state index < -0.39 is 7.92 Å². The molecular formula is C42H66N3P. The van der Waals surface area contributed by atoms with E-state index in [4.69, 9.17) is 0 Å². The average Bonchev–Trinajstić information content (AvgIpc) is 3.09. The minimum Gasteiger partial charge on any atom is -0.372 e. The van der Waals surface area contributed by atoms with E-state index in [0.717, 1.165) is 39.3 Å². The summed E-state index contributed by atoms with van der Waals surface area (Å²) in [5, 5.41) is 4.38. The zero-order chi connectivity index (χ0) is 33.0. The zero-order valence-corrected chi connectivity index (χ0v) is 31.3. The smallest absolute Gasteiger partial charge is 0.0372 e. The van der Waals surface area contributed by atoms with Gasteiger partial charge in [0.2, 0.25) is 0 Å². The fourth-order valence-electron chi connectivity index (χ4n) is 6.14. The van der Waals surface area contributed by atoms with Crippen molar-refractivity contribution in [1.29, 1.82) is 0 Å². The van der Waals surface area contributed by atoms with Crippen LogP contribution in [-0.4, -0.2) is 39.3 Å². The molecule has 0 aliphatic rings. The topological polar surface area (TPSA) is 9.72 Å². The van der Waals surface area contributed by atoms with Gasteiger partial charge < -0.3 is 14.7 Å². The molecule has 0 amide bonds. The molecule has 3 nitrogen and oxygen atoms in total. The van der Waals surface area contributed by atoms with Crippen molar-refractivity contribution in [1.82, 2.24) is 0 Å². The summed E-state index contributed by atoms with van der Waals surface area (Å²) < 4.78 is 0. The highest BCUT2D eigenvalue weighted by molar-refractivity contribution is 7.79. The van der Waals surface area contributed by atoms with Gasteiger partial charge in [0.25, 0.3) is 0 Å². The predicted molar refractivity (Wildman–Crippen MR) is 211 cm³/mol. The second-order valence-electron chi connectivity index (χ2n) is 13.0. The van der Waals surface area contributed by atoms with Gasteiger partial charge in [0.15, 0.2) is 0 Å². The minimum atomic E-state index is -0.726. The number of hydrogen-bond acceptors (Lipinski definition) is 3. The van der Waals surface area contributed by atoms with Crippen molar-refractivity contribution in [3.8, 4) is 0 Å². The lowest BCUT2D eigenvalue weighted by Crippen LogP contribution is -2.29. The molecule has 0 radical (unpaired) electrons. The molecule has 46 heavy (non-hydrogen) atoms. The van der Waals surface area contributed by atoms with Gasteiger partial charge in [-0.3, -0.25) is 0 Å². The molecule has 0 fully saturated rings. The van der Waals surface area contributed by atoms with Gasteiger partial charge in [-0.2, -0.15) is 0 Å². The second-order valence-corrected chi connectivity index (χ2v) is 15.2. The fraction of sp³-hybridized carbons (Fsp3) is 0.571. The van der Waals surface area contributed by atoms with E-state index in [1.807, 2.05) is 0 Å². The SMILES string of the molecule is CCCCN(CCCC)c1cccc(P(c2cccc(N(CCCC)CCCC)c2)c2cccc(N(CCCC)CCCC)c2)c1. The normalized spacial score (nSPS) is 11.3. The lowest BCUT2D eigenvalue weighted by atomic mass is 10.2. The van der Waals surface area contributed by atoms with Crippen molar-refractivity contribution in [2.75, 3.05) is 54.0 Å². The van der Waals surface area contributed by atoms with Crippen molar-refractivity contribution < 1.29 is 0 Å². The van der Waals surface area contributed by atoms with Crippen molar-refractivity contribution in [3.05, 3.63) is 72.8 Å². The maximum atomic E-state index is 2.64. The Labute approximate surface area is 285 Å². The van der Waals surface area contributed by atoms with Crippen LogP contribution < -0.4 is 30.6 Å². The van der Waals surface area contributed by atoms with Gasteiger partial charge in [0.1, 0.15) is 0 Å². The number of unbranched alkanes of at least 4 members (excludes halogenated alkanes) is 6. The van der Waals surface area contributed by atoms with Crippen LogP contribution in [0.1, 0.15) is 119 Å². The van der Waals surface area contributed by atoms with Gasteiger partial charge >= 0.3 is 0 Å². The molecule has 0 atom stereocenters. The van der Waals surface area contributed by atoms with Crippen LogP contribution in [0.2, 0.25) is 0 Å². The molecule has 0 unspecified atom stereocenters. The van der Waals surface area contributed by atoms with E-state index >= 15 is 0 Å². The monoisotopic (exact) mass is 643 g/mol. The van der Waals surface area contributed by atoms with Gasteiger partial charge in [-0.15, -0.1) is 0 Å². The summed E-state index contributed by atoms with van der Waals surface area (Å²) >= 11 is 0. The molecule has 254 valence electrons. The average molecular weight is 644 g/mol. The minimum absolute atomic E-state index is 0.726. The molecular weight excluding hydrogens is 577 g/mol. The molecule has 0 saturated carbocycles. The molecule has 4 heteroatoms. The Morgan fingerprint density at radius 2 is 0.609 bits per heavy atom. The highest BCUT2D eigenvalue weighted by atomic mass is 31.1. The van der Waals surface area contributed by atoms with Crippen LogP contribution in [0.15, 0.2) is 72.8 Å². The molecule has 0 bridgehead atoms. The molecule has 0 saturated heterocycles. The first-order chi connectivity index (χ1) is 22.6. The van der Waals surface area contributed by atoms with E-state index in [2.05, 4.69) is 129 Å². The first kappa shape index (κ1) is 37.9. The predicted octanol–water partition coefficient (Wildman–Crippen LogP) is 10.7. The molecule has 3 aromatic rings. The third-order valence-electron chi connectivity index (χ3n) is 9.05. The number of anilines is 3. The van der Waals surface area contributed by atoms with Crippen LogP contribution in [0.5, 0.6) is 0 Å². The Hall–Kier alpha value is -2.51. The number of benzene rings is 3. The Morgan fingerprint density at radius 3 is 0.826 bits per heavy atom. The summed E-state index contributed by atoms with van der Waals surface area (Å²) in [6, 6.07) is 28.8. The van der Waals surface area contributed by atoms with Crippen molar-refractivity contribution in [2.24, 2.45) is 0 Å². The maximum absolute atomic E-state index is 2.64. The lowest BCUT2D eigenvalue weighted by Gasteiger charge is -2.29. The highest BCUT2D eigenvalue weighted by Gasteiger charge is 2.21. The van der Waals surface area contributed by atoms with Gasteiger partial charge in [-0.1, -0.05) is 116 Å². The molecule has 0 aliphatic carbocycles. The first-order valence-electron chi connectivity index (χ1n) is 18.9. The Balaban J connectivity index is 2.14. The zero-order valence-electron chi connectivity index (χ0n) is 30.4. The lowest BCUT2D eigenvalue weighted by molar-refractivity contribution is 0.678. The molecule has 3 aromatic carbocycles. The van der Waals surface area contributed by atoms with Crippen LogP contribution in [0.25, 0.3) is 0 Å². The van der Waals surface area contributed by atoms with Crippen LogP contribution in [-0.2, 0) is 0 Å². The molecule has 0 aliphatic heterocycles. The van der Waals surface area contributed by atoms with E-state index in [1.165, 1.54) is 110 Å². The Bertz CT molecular complexity index is 1050. The van der Waals surface area contributed by atoms with Crippen LogP contribution in [0, 0.1) is 0 Å². The first-order valence-corrected chi connectivity index (χ1v) is 20.3. The molecule has 3 rings (SSSR count). The second kappa shape index (κ2) is 22.1. The standard InChI is InChI=1S/C42H66N3P/c1-7-13-28-43(29-14-8-2)37-22-19-25-40(34-37)46(41-26-20-23-38(35-41)44(30-15-9-3)31-16-10-4)42-27-21-24-39(36-42)45(32-17-11-5)33-18-12-6/h19-27,34-36H,7-18,28-33H2,1-6H3. The summed E-state index contributed by atoms with van der Waals surface area (Å²) in [4.78, 5) is 7.93. The van der Waals surface area contributed by atoms with Crippen LogP contribution >= 0.6 is 7.92 Å². The quantitative estimate of drug-likeness (QED) is 0.0900. The van der Waals surface area contributed by atoms with Crippen LogP contribution in [0.4, 0.5) is 17.1 Å². The Kier molecular flexibility index (Phi) is 18.3. The Morgan fingerprint density at radius 1 is 0.370 bits per heavy atom. The van der Waals surface area contributed by atoms with Crippen molar-refractivity contribution in [2.45, 2.75) is 119 Å². The summed E-state index contributed by atoms with van der Waals surface area (Å²) in [6.45, 7) is 20.7. The van der Waals surface area contributed by atoms with E-state index in [0.29, 0.717) is 0 Å². The van der Waals surface area contributed by atoms with Crippen molar-refractivity contribution >= 4 is 40.9 Å². The molecule has 0 N–H and O–H groups in total. The third kappa shape index (κ3) is 11.9. The summed E-state index contributed by atoms with van der Waals surface area (Å²) in [5.74, 6) is 0. The van der Waals surface area contributed by atoms with E-state index in [-0.39, 0.29) is 0 Å². The fourth-order valence-corrected chi connectivity index (χ4v) is 8.52. The summed E-state index contributed by atoms with van der Waals surface area (Å²) in [5.41, 5.74) is 4.16. The maximum Gasteiger partial charge on any atom is 0.0372 e. The largest absolute Gasteiger partial charge is 0.372 e. The number of hydrogen-bond donors (Lipinski definition) is 0. The van der Waals surface area contributed by atoms with Gasteiger partial charge in [-0.05, 0) is 98.8 Å². The van der Waals surface area contributed by atoms with Gasteiger partial charge in [0.05, 0.1) is 0 Å². The van der Waals surface area contributed by atoms with Crippen molar-refractivity contribution in [3.63, 3.8) is 0 Å². The van der Waals surface area contributed by atoms with E-state index in [9.17, 15) is 0 Å². The molecule has 0 heterocycles. The third-order valence-corrected chi connectivity index (χ3v) is 11.4. The molecule has 0 spiro atoms. The van der Waals surface area contributed by atoms with E-state index in [1.54, 1.807) is 0 Å². The summed E-state index contributed by atoms with van der Waals surface area (Å²) in [6.07, 6.45) is 14.8. The molecule has 0 aromatic heterocycles. The van der Waals surface area contributed by atoms with Crippen LogP contribution in [0.3, 0.4) is 0 Å². The highest BCUT2D eigenvalue weighted by Crippen LogP contribution is 2.36. The summed E-state index contributed by atoms with van der Waals surface area (Å²) in [7, 11) is -0.726. The number of rotatable bonds is 24.